The van der Waals surface area contributed by atoms with E-state index in [0.29, 0.717) is 12.4 Å². The maximum Gasteiger partial charge on any atom is 0.347 e. The molecule has 1 rings (SSSR count). The van der Waals surface area contributed by atoms with Gasteiger partial charge in [0.1, 0.15) is 12.3 Å². The van der Waals surface area contributed by atoms with Gasteiger partial charge in [-0.25, -0.2) is 4.79 Å². The number of benzene rings is 1. The Balaban J connectivity index is 2.73. The van der Waals surface area contributed by atoms with Crippen LogP contribution in [-0.2, 0) is 16.1 Å². The number of esters is 1. The number of nitroso groups, excluding NO2 is 1. The van der Waals surface area contributed by atoms with Crippen LogP contribution in [0.3, 0.4) is 0 Å². The minimum atomic E-state index is -0.630. The Morgan fingerprint density at radius 3 is 2.37 bits per heavy atom. The zero-order chi connectivity index (χ0) is 14.3. The van der Waals surface area contributed by atoms with Crippen LogP contribution >= 0.6 is 0 Å². The zero-order valence-electron chi connectivity index (χ0n) is 11.5. The van der Waals surface area contributed by atoms with Gasteiger partial charge in [0, 0.05) is 5.92 Å². The second-order valence-corrected chi connectivity index (χ2v) is 4.47. The largest absolute Gasteiger partial charge is 0.478 e. The predicted molar refractivity (Wildman–Crippen MR) is 71.8 cm³/mol. The smallest absolute Gasteiger partial charge is 0.347 e. The fourth-order valence-corrected chi connectivity index (χ4v) is 1.58. The van der Waals surface area contributed by atoms with E-state index in [1.54, 1.807) is 31.2 Å². The summed E-state index contributed by atoms with van der Waals surface area (Å²) in [6.07, 6.45) is -0.630. The summed E-state index contributed by atoms with van der Waals surface area (Å²) in [5.41, 5.74) is 0.805. The second kappa shape index (κ2) is 7.51. The van der Waals surface area contributed by atoms with E-state index in [-0.39, 0.29) is 18.4 Å². The average molecular weight is 265 g/mol. The van der Waals surface area contributed by atoms with Gasteiger partial charge >= 0.3 is 5.97 Å². The number of nitrogens with zero attached hydrogens (tertiary/aromatic N) is 1. The van der Waals surface area contributed by atoms with Gasteiger partial charge in [-0.15, -0.1) is 0 Å². The summed E-state index contributed by atoms with van der Waals surface area (Å²) in [5, 5.41) is 2.81. The Kier molecular flexibility index (Phi) is 5.99. The van der Waals surface area contributed by atoms with Crippen molar-refractivity contribution in [2.45, 2.75) is 33.4 Å². The maximum absolute atomic E-state index is 11.8. The van der Waals surface area contributed by atoms with Gasteiger partial charge in [-0.05, 0) is 24.6 Å². The first kappa shape index (κ1) is 15.1. The van der Waals surface area contributed by atoms with Crippen LogP contribution in [0.4, 0.5) is 0 Å². The van der Waals surface area contributed by atoms with Crippen LogP contribution in [-0.4, -0.2) is 18.7 Å². The van der Waals surface area contributed by atoms with Crippen LogP contribution in [0.1, 0.15) is 26.3 Å². The van der Waals surface area contributed by atoms with Crippen molar-refractivity contribution in [1.29, 1.82) is 0 Å². The van der Waals surface area contributed by atoms with Crippen molar-refractivity contribution in [3.63, 3.8) is 0 Å². The van der Waals surface area contributed by atoms with Crippen molar-refractivity contribution in [3.05, 3.63) is 34.7 Å². The molecule has 0 radical (unpaired) electrons. The highest BCUT2D eigenvalue weighted by molar-refractivity contribution is 5.75. The van der Waals surface area contributed by atoms with Crippen molar-refractivity contribution >= 4 is 5.97 Å². The molecule has 19 heavy (non-hydrogen) atoms. The number of hydrogen-bond acceptors (Lipinski definition) is 5. The molecule has 0 aromatic heterocycles. The first-order valence-corrected chi connectivity index (χ1v) is 6.29. The van der Waals surface area contributed by atoms with Crippen molar-refractivity contribution in [3.8, 4) is 5.75 Å². The Bertz CT molecular complexity index is 414. The van der Waals surface area contributed by atoms with E-state index in [4.69, 9.17) is 9.47 Å². The lowest BCUT2D eigenvalue weighted by atomic mass is 10.1. The highest BCUT2D eigenvalue weighted by atomic mass is 16.6. The molecule has 1 aromatic rings. The van der Waals surface area contributed by atoms with Crippen LogP contribution in [0, 0.1) is 10.8 Å². The lowest BCUT2D eigenvalue weighted by Gasteiger charge is -2.20. The van der Waals surface area contributed by atoms with E-state index in [2.05, 4.69) is 5.18 Å². The van der Waals surface area contributed by atoms with E-state index < -0.39 is 6.10 Å². The minimum absolute atomic E-state index is 0.00960. The molecule has 0 fully saturated rings. The number of carbonyl (C=O) groups is 1. The summed E-state index contributed by atoms with van der Waals surface area (Å²) < 4.78 is 10.6. The Morgan fingerprint density at radius 1 is 1.26 bits per heavy atom. The van der Waals surface area contributed by atoms with Crippen molar-refractivity contribution in [1.82, 2.24) is 0 Å². The van der Waals surface area contributed by atoms with Gasteiger partial charge in [0.25, 0.3) is 0 Å². The van der Waals surface area contributed by atoms with Crippen LogP contribution < -0.4 is 4.74 Å². The molecule has 1 aromatic carbocycles. The van der Waals surface area contributed by atoms with Crippen molar-refractivity contribution in [2.75, 3.05) is 6.61 Å². The fraction of sp³-hybridized carbons (Fsp3) is 0.500. The first-order valence-electron chi connectivity index (χ1n) is 6.29. The zero-order valence-corrected chi connectivity index (χ0v) is 11.5. The first-order chi connectivity index (χ1) is 9.08. The Morgan fingerprint density at radius 2 is 1.89 bits per heavy atom. The molecule has 0 heterocycles. The van der Waals surface area contributed by atoms with Crippen LogP contribution in [0.5, 0.6) is 5.75 Å². The van der Waals surface area contributed by atoms with E-state index in [0.717, 1.165) is 5.56 Å². The summed E-state index contributed by atoms with van der Waals surface area (Å²) in [5.74, 6) is 0.216. The van der Waals surface area contributed by atoms with Gasteiger partial charge in [0.2, 0.25) is 0 Å². The van der Waals surface area contributed by atoms with E-state index in [9.17, 15) is 9.70 Å². The second-order valence-electron chi connectivity index (χ2n) is 4.47. The lowest BCUT2D eigenvalue weighted by Crippen LogP contribution is -2.34. The van der Waals surface area contributed by atoms with Gasteiger partial charge in [-0.2, -0.15) is 4.91 Å². The number of ether oxygens (including phenoxy) is 2. The third-order valence-electron chi connectivity index (χ3n) is 2.56. The molecule has 0 spiro atoms. The number of carbonyl (C=O) groups excluding carboxylic acids is 1. The minimum Gasteiger partial charge on any atom is -0.478 e. The summed E-state index contributed by atoms with van der Waals surface area (Å²) in [4.78, 5) is 21.9. The number of hydrogen-bond donors (Lipinski definition) is 0. The quantitative estimate of drug-likeness (QED) is 0.561. The normalized spacial score (nSPS) is 12.0. The molecular formula is C14H19NO4. The Labute approximate surface area is 112 Å². The van der Waals surface area contributed by atoms with Crippen LogP contribution in [0.15, 0.2) is 29.4 Å². The molecule has 104 valence electrons. The summed E-state index contributed by atoms with van der Waals surface area (Å²) in [7, 11) is 0. The molecular weight excluding hydrogens is 246 g/mol. The molecule has 5 heteroatoms. The standard InChI is InChI=1S/C14H19NO4/c1-4-18-14(16)13(10(2)3)19-12-7-5-11(6-8-12)9-15-17/h5-8,10,13H,4,9H2,1-3H3. The van der Waals surface area contributed by atoms with E-state index >= 15 is 0 Å². The van der Waals surface area contributed by atoms with Crippen LogP contribution in [0.25, 0.3) is 0 Å². The van der Waals surface area contributed by atoms with Gasteiger partial charge in [0.15, 0.2) is 6.10 Å². The third-order valence-corrected chi connectivity index (χ3v) is 2.56. The molecule has 5 nitrogen and oxygen atoms in total. The highest BCUT2D eigenvalue weighted by Gasteiger charge is 2.25. The number of rotatable bonds is 7. The summed E-state index contributed by atoms with van der Waals surface area (Å²) in [6.45, 7) is 6.01. The molecule has 0 N–H and O–H groups in total. The van der Waals surface area contributed by atoms with Crippen molar-refractivity contribution < 1.29 is 14.3 Å². The molecule has 1 unspecified atom stereocenters. The Hall–Kier alpha value is -1.91. The van der Waals surface area contributed by atoms with Crippen LogP contribution in [0.2, 0.25) is 0 Å². The molecule has 0 aliphatic heterocycles. The topological polar surface area (TPSA) is 65.0 Å². The molecule has 0 aliphatic carbocycles. The molecule has 0 amide bonds. The van der Waals surface area contributed by atoms with Gasteiger partial charge < -0.3 is 9.47 Å². The SMILES string of the molecule is CCOC(=O)C(Oc1ccc(CN=O)cc1)C(C)C. The maximum atomic E-state index is 11.8. The van der Waals surface area contributed by atoms with Gasteiger partial charge in [0.05, 0.1) is 6.61 Å². The molecule has 1 atom stereocenters. The third kappa shape index (κ3) is 4.69. The average Bonchev–Trinajstić information content (AvgIpc) is 2.38. The summed E-state index contributed by atoms with van der Waals surface area (Å²) >= 11 is 0. The molecule has 0 saturated heterocycles. The van der Waals surface area contributed by atoms with E-state index in [1.807, 2.05) is 13.8 Å². The monoisotopic (exact) mass is 265 g/mol. The van der Waals surface area contributed by atoms with Gasteiger partial charge in [-0.3, -0.25) is 0 Å². The summed E-state index contributed by atoms with van der Waals surface area (Å²) in [6, 6.07) is 6.93. The van der Waals surface area contributed by atoms with Crippen molar-refractivity contribution in [2.24, 2.45) is 11.1 Å². The molecule has 0 bridgehead atoms. The van der Waals surface area contributed by atoms with E-state index in [1.165, 1.54) is 0 Å². The highest BCUT2D eigenvalue weighted by Crippen LogP contribution is 2.18. The fourth-order valence-electron chi connectivity index (χ4n) is 1.58. The van der Waals surface area contributed by atoms with Gasteiger partial charge in [-0.1, -0.05) is 31.2 Å². The predicted octanol–water partition coefficient (Wildman–Crippen LogP) is 2.92. The lowest BCUT2D eigenvalue weighted by molar-refractivity contribution is -0.153. The molecule has 0 aliphatic rings. The molecule has 0 saturated carbocycles.